The average molecular weight is 446 g/mol. The van der Waals surface area contributed by atoms with Gasteiger partial charge in [-0.2, -0.15) is 0 Å². The number of nitrogens with one attached hydrogen (secondary N) is 1. The summed E-state index contributed by atoms with van der Waals surface area (Å²) in [6.45, 7) is 7.18. The van der Waals surface area contributed by atoms with Crippen LogP contribution < -0.4 is 5.32 Å². The second-order valence-corrected chi connectivity index (χ2v) is 7.50. The first-order valence-electron chi connectivity index (χ1n) is 10.7. The predicted molar refractivity (Wildman–Crippen MR) is 109 cm³/mol. The molecule has 0 saturated carbocycles. The second kappa shape index (κ2) is 14.0. The zero-order chi connectivity index (χ0) is 23.4. The van der Waals surface area contributed by atoms with E-state index < -0.39 is 54.5 Å². The zero-order valence-electron chi connectivity index (χ0n) is 19.0. The van der Waals surface area contributed by atoms with E-state index in [0.717, 1.165) is 32.1 Å². The van der Waals surface area contributed by atoms with Crippen molar-refractivity contribution in [2.45, 2.75) is 97.4 Å². The molecule has 1 aliphatic heterocycles. The van der Waals surface area contributed by atoms with Crippen molar-refractivity contribution in [3.05, 3.63) is 0 Å². The molecule has 0 aromatic carbocycles. The predicted octanol–water partition coefficient (Wildman–Crippen LogP) is 1.63. The number of ether oxygens (including phenoxy) is 5. The van der Waals surface area contributed by atoms with E-state index in [2.05, 4.69) is 12.2 Å². The Morgan fingerprint density at radius 3 is 2.00 bits per heavy atom. The van der Waals surface area contributed by atoms with Gasteiger partial charge in [-0.1, -0.05) is 32.6 Å². The lowest BCUT2D eigenvalue weighted by molar-refractivity contribution is -0.277. The van der Waals surface area contributed by atoms with E-state index in [-0.39, 0.29) is 6.61 Å². The van der Waals surface area contributed by atoms with Crippen molar-refractivity contribution in [2.75, 3.05) is 13.2 Å². The molecule has 5 atom stereocenters. The third-order valence-electron chi connectivity index (χ3n) is 4.60. The summed E-state index contributed by atoms with van der Waals surface area (Å²) >= 11 is 0. The van der Waals surface area contributed by atoms with Crippen molar-refractivity contribution >= 4 is 23.8 Å². The largest absolute Gasteiger partial charge is 0.463 e. The van der Waals surface area contributed by atoms with Crippen molar-refractivity contribution in [3.63, 3.8) is 0 Å². The van der Waals surface area contributed by atoms with Gasteiger partial charge in [0.25, 0.3) is 0 Å². The van der Waals surface area contributed by atoms with Gasteiger partial charge < -0.3 is 29.0 Å². The first kappa shape index (κ1) is 26.8. The summed E-state index contributed by atoms with van der Waals surface area (Å²) in [5.41, 5.74) is 0. The Morgan fingerprint density at radius 2 is 1.45 bits per heavy atom. The van der Waals surface area contributed by atoms with Crippen LogP contribution in [-0.2, 0) is 42.9 Å². The maximum atomic E-state index is 11.8. The average Bonchev–Trinajstić information content (AvgIpc) is 2.66. The van der Waals surface area contributed by atoms with Gasteiger partial charge in [0.05, 0.1) is 0 Å². The number of carbonyl (C=O) groups is 4. The molecule has 1 aliphatic rings. The van der Waals surface area contributed by atoms with Crippen LogP contribution in [0.3, 0.4) is 0 Å². The Labute approximate surface area is 183 Å². The Balaban J connectivity index is 3.07. The first-order valence-corrected chi connectivity index (χ1v) is 10.7. The van der Waals surface area contributed by atoms with Crippen LogP contribution in [0.1, 0.15) is 66.7 Å². The number of amides is 1. The highest BCUT2D eigenvalue weighted by Crippen LogP contribution is 2.28. The molecular formula is C21H35NO9. The van der Waals surface area contributed by atoms with Gasteiger partial charge in [-0.15, -0.1) is 0 Å². The van der Waals surface area contributed by atoms with Gasteiger partial charge in [0.2, 0.25) is 5.91 Å². The van der Waals surface area contributed by atoms with E-state index in [9.17, 15) is 19.2 Å². The van der Waals surface area contributed by atoms with E-state index in [4.69, 9.17) is 23.7 Å². The van der Waals surface area contributed by atoms with Crippen molar-refractivity contribution in [1.29, 1.82) is 0 Å². The molecule has 1 rings (SSSR count). The second-order valence-electron chi connectivity index (χ2n) is 7.50. The minimum absolute atomic E-state index is 0.242. The Kier molecular flexibility index (Phi) is 12.1. The number of carbonyl (C=O) groups excluding carboxylic acids is 4. The number of hydrogen-bond acceptors (Lipinski definition) is 9. The van der Waals surface area contributed by atoms with Gasteiger partial charge in [-0.05, 0) is 6.42 Å². The highest BCUT2D eigenvalue weighted by Gasteiger charge is 2.51. The third-order valence-corrected chi connectivity index (χ3v) is 4.60. The van der Waals surface area contributed by atoms with Crippen molar-refractivity contribution in [3.8, 4) is 0 Å². The van der Waals surface area contributed by atoms with E-state index in [1.807, 2.05) is 0 Å². The van der Waals surface area contributed by atoms with Crippen LogP contribution in [0, 0.1) is 0 Å². The molecule has 1 heterocycles. The van der Waals surface area contributed by atoms with Crippen molar-refractivity contribution < 1.29 is 42.9 Å². The molecule has 1 N–H and O–H groups in total. The fourth-order valence-electron chi connectivity index (χ4n) is 3.34. The van der Waals surface area contributed by atoms with E-state index in [0.29, 0.717) is 6.61 Å². The third kappa shape index (κ3) is 10.1. The van der Waals surface area contributed by atoms with Crippen molar-refractivity contribution in [1.82, 2.24) is 5.32 Å². The van der Waals surface area contributed by atoms with Crippen LogP contribution in [0.4, 0.5) is 0 Å². The van der Waals surface area contributed by atoms with Crippen LogP contribution in [0.5, 0.6) is 0 Å². The summed E-state index contributed by atoms with van der Waals surface area (Å²) in [5, 5.41) is 2.67. The maximum Gasteiger partial charge on any atom is 0.303 e. The standard InChI is InChI=1S/C21H35NO9/c1-6-7-8-9-10-11-27-21-18(22-13(2)23)20(30-16(5)26)19(29-15(4)25)17(31-21)12-28-14(3)24/h17-21H,6-12H2,1-5H3,(H,22,23)/t17-,18-,19-,20-,21-/m1/s1. The minimum Gasteiger partial charge on any atom is -0.463 e. The molecule has 178 valence electrons. The van der Waals surface area contributed by atoms with E-state index >= 15 is 0 Å². The Bertz CT molecular complexity index is 610. The maximum absolute atomic E-state index is 11.8. The molecule has 0 aromatic rings. The SMILES string of the molecule is CCCCCCCO[C@@H]1O[C@H](COC(C)=O)[C@@H](OC(C)=O)[C@H](OC(C)=O)[C@H]1NC(C)=O. The smallest absolute Gasteiger partial charge is 0.303 e. The van der Waals surface area contributed by atoms with Gasteiger partial charge in [0, 0.05) is 34.3 Å². The van der Waals surface area contributed by atoms with Gasteiger partial charge in [0.1, 0.15) is 18.8 Å². The molecule has 0 radical (unpaired) electrons. The number of hydrogen-bond donors (Lipinski definition) is 1. The lowest BCUT2D eigenvalue weighted by Crippen LogP contribution is -2.66. The monoisotopic (exact) mass is 445 g/mol. The summed E-state index contributed by atoms with van der Waals surface area (Å²) in [6.07, 6.45) is 0.957. The molecule has 31 heavy (non-hydrogen) atoms. The summed E-state index contributed by atoms with van der Waals surface area (Å²) in [6, 6.07) is -0.921. The number of rotatable bonds is 12. The van der Waals surface area contributed by atoms with Crippen LogP contribution in [0.2, 0.25) is 0 Å². The zero-order valence-corrected chi connectivity index (χ0v) is 19.0. The summed E-state index contributed by atoms with van der Waals surface area (Å²) in [7, 11) is 0. The van der Waals surface area contributed by atoms with Crippen LogP contribution in [-0.4, -0.2) is 67.7 Å². The summed E-state index contributed by atoms with van der Waals surface area (Å²) in [4.78, 5) is 46.6. The fourth-order valence-corrected chi connectivity index (χ4v) is 3.34. The summed E-state index contributed by atoms with van der Waals surface area (Å²) in [5.74, 6) is -2.23. The normalized spacial score (nSPS) is 25.4. The van der Waals surface area contributed by atoms with Crippen LogP contribution >= 0.6 is 0 Å². The molecule has 10 heteroatoms. The molecule has 0 bridgehead atoms. The molecule has 1 amide bonds. The summed E-state index contributed by atoms with van der Waals surface area (Å²) < 4.78 is 27.6. The highest BCUT2D eigenvalue weighted by molar-refractivity contribution is 5.73. The van der Waals surface area contributed by atoms with Gasteiger partial charge in [-0.3, -0.25) is 19.2 Å². The first-order chi connectivity index (χ1) is 14.6. The molecule has 0 aromatic heterocycles. The van der Waals surface area contributed by atoms with E-state index in [1.165, 1.54) is 27.7 Å². The van der Waals surface area contributed by atoms with Crippen molar-refractivity contribution in [2.24, 2.45) is 0 Å². The molecular weight excluding hydrogens is 410 g/mol. The van der Waals surface area contributed by atoms with Gasteiger partial charge >= 0.3 is 17.9 Å². The van der Waals surface area contributed by atoms with Gasteiger partial charge in [0.15, 0.2) is 18.5 Å². The number of unbranched alkanes of at least 4 members (excludes halogenated alkanes) is 4. The Morgan fingerprint density at radius 1 is 0.839 bits per heavy atom. The highest BCUT2D eigenvalue weighted by atomic mass is 16.7. The topological polar surface area (TPSA) is 126 Å². The molecule has 1 saturated heterocycles. The Hall–Kier alpha value is -2.20. The van der Waals surface area contributed by atoms with Crippen LogP contribution in [0.25, 0.3) is 0 Å². The lowest BCUT2D eigenvalue weighted by atomic mass is 9.96. The molecule has 1 fully saturated rings. The quantitative estimate of drug-likeness (QED) is 0.271. The van der Waals surface area contributed by atoms with E-state index in [1.54, 1.807) is 0 Å². The van der Waals surface area contributed by atoms with Crippen LogP contribution in [0.15, 0.2) is 0 Å². The minimum atomic E-state index is -1.11. The number of esters is 3. The molecule has 10 nitrogen and oxygen atoms in total. The van der Waals surface area contributed by atoms with Gasteiger partial charge in [-0.25, -0.2) is 0 Å². The lowest BCUT2D eigenvalue weighted by Gasteiger charge is -2.44. The molecule has 0 spiro atoms. The molecule has 0 unspecified atom stereocenters. The fraction of sp³-hybridized carbons (Fsp3) is 0.810. The molecule has 0 aliphatic carbocycles.